The molecule has 0 fully saturated rings. The molecule has 0 saturated heterocycles. The number of carbonyl (C=O) groups is 1. The number of aliphatic hydroxyl groups is 1. The Hall–Kier alpha value is -2.67. The van der Waals surface area contributed by atoms with Crippen molar-refractivity contribution in [2.24, 2.45) is 0 Å². The largest absolute Gasteiger partial charge is 0.497 e. The number of carbonyl (C=O) groups excluding carboxylic acids is 1. The molecular formula is C17H20N4O3. The maximum absolute atomic E-state index is 12.4. The molecule has 0 radical (unpaired) electrons. The average molecular weight is 328 g/mol. The van der Waals surface area contributed by atoms with Crippen LogP contribution in [0.15, 0.2) is 41.8 Å². The number of anilines is 1. The lowest BCUT2D eigenvalue weighted by Crippen LogP contribution is -2.20. The summed E-state index contributed by atoms with van der Waals surface area (Å²) >= 11 is 0. The standard InChI is InChI=1S/C17H20N4O3/c1-2-16-15(4-3-9-24-16)17(23)18-12-5-7-14(8-6-12)21-10-13(11-22)19-20-21/h5-8,10,22H,2-4,9,11H2,1H3,(H,18,23). The quantitative estimate of drug-likeness (QED) is 0.878. The van der Waals surface area contributed by atoms with E-state index in [0.29, 0.717) is 18.0 Å². The fourth-order valence-corrected chi connectivity index (χ4v) is 2.63. The predicted octanol–water partition coefficient (Wildman–Crippen LogP) is 2.17. The van der Waals surface area contributed by atoms with Gasteiger partial charge in [-0.25, -0.2) is 4.68 Å². The smallest absolute Gasteiger partial charge is 0.254 e. The van der Waals surface area contributed by atoms with E-state index in [-0.39, 0.29) is 12.5 Å². The fourth-order valence-electron chi connectivity index (χ4n) is 2.63. The molecule has 0 unspecified atom stereocenters. The molecule has 126 valence electrons. The van der Waals surface area contributed by atoms with Gasteiger partial charge in [-0.2, -0.15) is 0 Å². The second-order valence-corrected chi connectivity index (χ2v) is 5.52. The molecule has 2 aromatic rings. The Balaban J connectivity index is 1.72. The van der Waals surface area contributed by atoms with Crippen molar-refractivity contribution in [2.75, 3.05) is 11.9 Å². The number of ether oxygens (including phenoxy) is 1. The molecule has 2 N–H and O–H groups in total. The minimum absolute atomic E-state index is 0.109. The van der Waals surface area contributed by atoms with E-state index >= 15 is 0 Å². The van der Waals surface area contributed by atoms with Crippen LogP contribution in [0.2, 0.25) is 0 Å². The number of benzene rings is 1. The molecular weight excluding hydrogens is 308 g/mol. The van der Waals surface area contributed by atoms with Crippen LogP contribution in [0.1, 0.15) is 31.9 Å². The van der Waals surface area contributed by atoms with Gasteiger partial charge in [-0.15, -0.1) is 5.10 Å². The first-order valence-electron chi connectivity index (χ1n) is 8.00. The molecule has 0 saturated carbocycles. The highest BCUT2D eigenvalue weighted by Gasteiger charge is 2.19. The van der Waals surface area contributed by atoms with E-state index in [1.807, 2.05) is 31.2 Å². The second kappa shape index (κ2) is 7.27. The van der Waals surface area contributed by atoms with Crippen LogP contribution in [-0.4, -0.2) is 32.6 Å². The third-order valence-corrected chi connectivity index (χ3v) is 3.87. The molecule has 7 nitrogen and oxygen atoms in total. The summed E-state index contributed by atoms with van der Waals surface area (Å²) in [4.78, 5) is 12.4. The Morgan fingerprint density at radius 1 is 1.38 bits per heavy atom. The molecule has 0 atom stereocenters. The SMILES string of the molecule is CCC1=C(C(=O)Nc2ccc(-n3cc(CO)nn3)cc2)CCCO1. The number of hydrogen-bond acceptors (Lipinski definition) is 5. The van der Waals surface area contributed by atoms with Gasteiger partial charge < -0.3 is 15.2 Å². The maximum atomic E-state index is 12.4. The van der Waals surface area contributed by atoms with Crippen LogP contribution in [0.5, 0.6) is 0 Å². The molecule has 1 aliphatic rings. The lowest BCUT2D eigenvalue weighted by atomic mass is 10.0. The summed E-state index contributed by atoms with van der Waals surface area (Å²) < 4.78 is 7.14. The third kappa shape index (κ3) is 3.46. The summed E-state index contributed by atoms with van der Waals surface area (Å²) in [6, 6.07) is 7.28. The number of amides is 1. The fraction of sp³-hybridized carbons (Fsp3) is 0.353. The lowest BCUT2D eigenvalue weighted by molar-refractivity contribution is -0.113. The van der Waals surface area contributed by atoms with Crippen LogP contribution >= 0.6 is 0 Å². The van der Waals surface area contributed by atoms with Gasteiger partial charge in [0.25, 0.3) is 5.91 Å². The molecule has 0 aliphatic carbocycles. The number of rotatable bonds is 5. The summed E-state index contributed by atoms with van der Waals surface area (Å²) in [7, 11) is 0. The van der Waals surface area contributed by atoms with Gasteiger partial charge in [-0.1, -0.05) is 12.1 Å². The summed E-state index contributed by atoms with van der Waals surface area (Å²) in [5.41, 5.74) is 2.75. The minimum atomic E-state index is -0.148. The van der Waals surface area contributed by atoms with Crippen molar-refractivity contribution in [3.05, 3.63) is 47.5 Å². The number of nitrogens with zero attached hydrogens (tertiary/aromatic N) is 3. The van der Waals surface area contributed by atoms with Gasteiger partial charge in [0.15, 0.2) is 0 Å². The zero-order chi connectivity index (χ0) is 16.9. The Labute approximate surface area is 139 Å². The topological polar surface area (TPSA) is 89.3 Å². The number of allylic oxidation sites excluding steroid dienone is 1. The van der Waals surface area contributed by atoms with Gasteiger partial charge in [0.05, 0.1) is 30.7 Å². The monoisotopic (exact) mass is 328 g/mol. The van der Waals surface area contributed by atoms with Gasteiger partial charge >= 0.3 is 0 Å². The van der Waals surface area contributed by atoms with Crippen molar-refractivity contribution in [1.82, 2.24) is 15.0 Å². The molecule has 1 aromatic heterocycles. The Morgan fingerprint density at radius 2 is 2.17 bits per heavy atom. The zero-order valence-electron chi connectivity index (χ0n) is 13.5. The normalized spacial score (nSPS) is 14.4. The molecule has 1 aliphatic heterocycles. The van der Waals surface area contributed by atoms with Crippen LogP contribution in [-0.2, 0) is 16.1 Å². The summed E-state index contributed by atoms with van der Waals surface area (Å²) in [6.07, 6.45) is 3.99. The van der Waals surface area contributed by atoms with E-state index in [1.54, 1.807) is 10.9 Å². The van der Waals surface area contributed by atoms with Crippen LogP contribution < -0.4 is 5.32 Å². The minimum Gasteiger partial charge on any atom is -0.497 e. The van der Waals surface area contributed by atoms with E-state index in [2.05, 4.69) is 15.6 Å². The third-order valence-electron chi connectivity index (χ3n) is 3.87. The number of hydrogen-bond donors (Lipinski definition) is 2. The average Bonchev–Trinajstić information content (AvgIpc) is 3.11. The highest BCUT2D eigenvalue weighted by molar-refractivity contribution is 6.04. The molecule has 24 heavy (non-hydrogen) atoms. The Kier molecular flexibility index (Phi) is 4.90. The maximum Gasteiger partial charge on any atom is 0.254 e. The molecule has 1 amide bonds. The van der Waals surface area contributed by atoms with Gasteiger partial charge in [0.1, 0.15) is 11.5 Å². The summed E-state index contributed by atoms with van der Waals surface area (Å²) in [5, 5.41) is 19.7. The molecule has 3 rings (SSSR count). The van der Waals surface area contributed by atoms with Gasteiger partial charge in [-0.3, -0.25) is 4.79 Å². The van der Waals surface area contributed by atoms with Crippen LogP contribution in [0.3, 0.4) is 0 Å². The second-order valence-electron chi connectivity index (χ2n) is 5.52. The highest BCUT2D eigenvalue weighted by Crippen LogP contribution is 2.23. The van der Waals surface area contributed by atoms with Crippen LogP contribution in [0.25, 0.3) is 5.69 Å². The molecule has 7 heteroatoms. The van der Waals surface area contributed by atoms with Crippen molar-refractivity contribution in [2.45, 2.75) is 32.8 Å². The molecule has 0 spiro atoms. The first-order valence-corrected chi connectivity index (χ1v) is 8.00. The van der Waals surface area contributed by atoms with E-state index in [9.17, 15) is 4.79 Å². The van der Waals surface area contributed by atoms with Crippen molar-refractivity contribution in [3.63, 3.8) is 0 Å². The van der Waals surface area contributed by atoms with Crippen LogP contribution in [0, 0.1) is 0 Å². The summed E-state index contributed by atoms with van der Waals surface area (Å²) in [5.74, 6) is 0.678. The van der Waals surface area contributed by atoms with Crippen molar-refractivity contribution < 1.29 is 14.6 Å². The van der Waals surface area contributed by atoms with Gasteiger partial charge in [0.2, 0.25) is 0 Å². The first-order chi connectivity index (χ1) is 11.7. The first kappa shape index (κ1) is 16.2. The highest BCUT2D eigenvalue weighted by atomic mass is 16.5. The van der Waals surface area contributed by atoms with E-state index < -0.39 is 0 Å². The number of aliphatic hydroxyl groups excluding tert-OH is 1. The number of nitrogens with one attached hydrogen (secondary N) is 1. The lowest BCUT2D eigenvalue weighted by Gasteiger charge is -2.20. The Bertz CT molecular complexity index is 749. The van der Waals surface area contributed by atoms with E-state index in [4.69, 9.17) is 9.84 Å². The molecule has 1 aromatic carbocycles. The van der Waals surface area contributed by atoms with E-state index in [1.165, 1.54) is 0 Å². The summed E-state index contributed by atoms with van der Waals surface area (Å²) in [6.45, 7) is 2.52. The van der Waals surface area contributed by atoms with Crippen LogP contribution in [0.4, 0.5) is 5.69 Å². The number of aromatic nitrogens is 3. The predicted molar refractivity (Wildman–Crippen MR) is 88.4 cm³/mol. The van der Waals surface area contributed by atoms with Crippen molar-refractivity contribution in [1.29, 1.82) is 0 Å². The van der Waals surface area contributed by atoms with Gasteiger partial charge in [-0.05, 0) is 37.1 Å². The Morgan fingerprint density at radius 3 is 2.83 bits per heavy atom. The van der Waals surface area contributed by atoms with Crippen molar-refractivity contribution >= 4 is 11.6 Å². The zero-order valence-corrected chi connectivity index (χ0v) is 13.5. The van der Waals surface area contributed by atoms with Gasteiger partial charge in [0, 0.05) is 12.1 Å². The molecule has 2 heterocycles. The van der Waals surface area contributed by atoms with Crippen molar-refractivity contribution in [3.8, 4) is 5.69 Å². The molecule has 0 bridgehead atoms. The van der Waals surface area contributed by atoms with E-state index in [0.717, 1.165) is 36.3 Å².